The number of hydrogen-bond donors (Lipinski definition) is 2. The second kappa shape index (κ2) is 7.42. The zero-order valence-corrected chi connectivity index (χ0v) is 17.7. The van der Waals surface area contributed by atoms with Crippen molar-refractivity contribution < 1.29 is 4.79 Å². The minimum atomic E-state index is -0.149. The monoisotopic (exact) mass is 427 g/mol. The molecule has 0 aliphatic carbocycles. The molecule has 6 nitrogen and oxygen atoms in total. The number of hydrogen-bond acceptors (Lipinski definition) is 6. The minimum Gasteiger partial charge on any atom is -0.297 e. The van der Waals surface area contributed by atoms with Gasteiger partial charge in [-0.2, -0.15) is 5.10 Å². The van der Waals surface area contributed by atoms with Crippen LogP contribution in [0.4, 0.5) is 5.13 Å². The van der Waals surface area contributed by atoms with E-state index < -0.39 is 0 Å². The Morgan fingerprint density at radius 2 is 2.14 bits per heavy atom. The third-order valence-electron chi connectivity index (χ3n) is 4.34. The fourth-order valence-electron chi connectivity index (χ4n) is 2.99. The number of rotatable bonds is 5. The first-order valence-corrected chi connectivity index (χ1v) is 10.6. The van der Waals surface area contributed by atoms with Gasteiger partial charge in [0, 0.05) is 11.2 Å². The summed E-state index contributed by atoms with van der Waals surface area (Å²) in [6, 6.07) is 8.02. The van der Waals surface area contributed by atoms with Crippen LogP contribution in [0.5, 0.6) is 0 Å². The molecule has 0 radical (unpaired) electrons. The van der Waals surface area contributed by atoms with Crippen molar-refractivity contribution in [3.63, 3.8) is 0 Å². The smallest absolute Gasteiger partial charge is 0.267 e. The second-order valence-corrected chi connectivity index (χ2v) is 8.63. The highest BCUT2D eigenvalue weighted by Crippen LogP contribution is 2.34. The fraction of sp³-hybridized carbons (Fsp3) is 0.158. The molecule has 4 rings (SSSR count). The van der Waals surface area contributed by atoms with Crippen molar-refractivity contribution in [3.8, 4) is 10.7 Å². The second-order valence-electron chi connectivity index (χ2n) is 6.19. The number of benzene rings is 1. The molecule has 1 aromatic carbocycles. The first kappa shape index (κ1) is 18.7. The molecule has 3 heterocycles. The number of aromatic amines is 1. The Morgan fingerprint density at radius 3 is 2.89 bits per heavy atom. The van der Waals surface area contributed by atoms with E-state index >= 15 is 0 Å². The summed E-state index contributed by atoms with van der Waals surface area (Å²) in [6.45, 7) is 8.17. The Labute approximate surface area is 174 Å². The molecule has 28 heavy (non-hydrogen) atoms. The van der Waals surface area contributed by atoms with Gasteiger partial charge in [-0.15, -0.1) is 17.9 Å². The summed E-state index contributed by atoms with van der Waals surface area (Å²) in [5.74, 6) is 0.544. The highest BCUT2D eigenvalue weighted by atomic mass is 32.1. The zero-order valence-electron chi connectivity index (χ0n) is 15.3. The van der Waals surface area contributed by atoms with Gasteiger partial charge < -0.3 is 0 Å². The maximum absolute atomic E-state index is 12.8. The number of thiazole rings is 1. The molecule has 0 aliphatic rings. The summed E-state index contributed by atoms with van der Waals surface area (Å²) < 4.78 is 3.47. The van der Waals surface area contributed by atoms with Gasteiger partial charge in [0.05, 0.1) is 15.4 Å². The van der Waals surface area contributed by atoms with E-state index in [0.717, 1.165) is 26.2 Å². The van der Waals surface area contributed by atoms with E-state index in [1.165, 1.54) is 22.7 Å². The number of fused-ring (bicyclic) bond motifs is 1. The molecule has 4 aromatic rings. The van der Waals surface area contributed by atoms with Crippen LogP contribution in [0.1, 0.15) is 20.9 Å². The number of thiophene rings is 1. The van der Waals surface area contributed by atoms with Gasteiger partial charge in [0.25, 0.3) is 5.91 Å². The van der Waals surface area contributed by atoms with Gasteiger partial charge in [0.15, 0.2) is 15.7 Å². The van der Waals surface area contributed by atoms with E-state index in [1.54, 1.807) is 6.08 Å². The van der Waals surface area contributed by atoms with Crippen molar-refractivity contribution in [1.82, 2.24) is 19.7 Å². The summed E-state index contributed by atoms with van der Waals surface area (Å²) in [5, 5.41) is 11.7. The first-order valence-electron chi connectivity index (χ1n) is 8.53. The number of H-pyrrole nitrogens is 1. The predicted octanol–water partition coefficient (Wildman–Crippen LogP) is 5.33. The lowest BCUT2D eigenvalue weighted by Gasteiger charge is -2.01. The highest BCUT2D eigenvalue weighted by Gasteiger charge is 2.20. The van der Waals surface area contributed by atoms with Crippen molar-refractivity contribution in [2.24, 2.45) is 0 Å². The maximum Gasteiger partial charge on any atom is 0.267 e. The number of aryl methyl sites for hydroxylation is 2. The third-order valence-corrected chi connectivity index (χ3v) is 6.99. The largest absolute Gasteiger partial charge is 0.297 e. The number of nitrogens with one attached hydrogen (secondary N) is 2. The van der Waals surface area contributed by atoms with E-state index in [-0.39, 0.29) is 5.91 Å². The number of allylic oxidation sites excluding steroid dienone is 1. The van der Waals surface area contributed by atoms with Crippen LogP contribution in [0.25, 0.3) is 20.8 Å². The van der Waals surface area contributed by atoms with Crippen molar-refractivity contribution >= 4 is 56.0 Å². The highest BCUT2D eigenvalue weighted by molar-refractivity contribution is 7.71. The number of nitrogens with zero attached hydrogens (tertiary/aromatic N) is 3. The van der Waals surface area contributed by atoms with Crippen molar-refractivity contribution in [2.45, 2.75) is 20.4 Å². The van der Waals surface area contributed by atoms with E-state index in [4.69, 9.17) is 12.2 Å². The minimum absolute atomic E-state index is 0.149. The number of amides is 1. The Morgan fingerprint density at radius 1 is 1.36 bits per heavy atom. The van der Waals surface area contributed by atoms with Gasteiger partial charge >= 0.3 is 0 Å². The number of aromatic nitrogens is 4. The summed E-state index contributed by atoms with van der Waals surface area (Å²) in [7, 11) is 0. The fourth-order valence-corrected chi connectivity index (χ4v) is 5.26. The van der Waals surface area contributed by atoms with Crippen LogP contribution in [0, 0.1) is 18.6 Å². The van der Waals surface area contributed by atoms with Crippen LogP contribution in [-0.2, 0) is 6.54 Å². The van der Waals surface area contributed by atoms with Gasteiger partial charge in [-0.05, 0) is 43.1 Å². The quantitative estimate of drug-likeness (QED) is 0.333. The molecule has 2 N–H and O–H groups in total. The zero-order chi connectivity index (χ0) is 19.8. The Hall–Kier alpha value is -2.62. The SMILES string of the molecule is C=CCn1c(-c2sc(NC(=O)c3sc4ccccc4c3C)nc2C)n[nH]c1=S. The van der Waals surface area contributed by atoms with Crippen LogP contribution in [-0.4, -0.2) is 25.7 Å². The van der Waals surface area contributed by atoms with Gasteiger partial charge in [-0.1, -0.05) is 35.6 Å². The standard InChI is InChI=1S/C19H17N5OS3/c1-4-9-24-16(22-23-19(24)26)15-11(3)20-18(28-15)21-17(25)14-10(2)12-7-5-6-8-13(12)27-14/h4-8H,1,9H2,2-3H3,(H,23,26)(H,20,21,25). The number of carbonyl (C=O) groups excluding carboxylic acids is 1. The molecule has 3 aromatic heterocycles. The summed E-state index contributed by atoms with van der Waals surface area (Å²) in [4.78, 5) is 18.9. The molecule has 0 saturated carbocycles. The molecule has 0 unspecified atom stereocenters. The van der Waals surface area contributed by atoms with Gasteiger partial charge in [-0.3, -0.25) is 19.8 Å². The molecular weight excluding hydrogens is 410 g/mol. The van der Waals surface area contributed by atoms with Crippen LogP contribution >= 0.6 is 34.9 Å². The van der Waals surface area contributed by atoms with Gasteiger partial charge in [0.2, 0.25) is 0 Å². The molecule has 1 amide bonds. The molecule has 0 aliphatic heterocycles. The lowest BCUT2D eigenvalue weighted by atomic mass is 10.1. The van der Waals surface area contributed by atoms with Crippen LogP contribution in [0.15, 0.2) is 36.9 Å². The molecule has 0 bridgehead atoms. The summed E-state index contributed by atoms with van der Waals surface area (Å²) in [6.07, 6.45) is 1.76. The van der Waals surface area contributed by atoms with Crippen LogP contribution in [0.2, 0.25) is 0 Å². The van der Waals surface area contributed by atoms with Gasteiger partial charge in [-0.25, -0.2) is 4.98 Å². The molecule has 9 heteroatoms. The molecule has 0 fully saturated rings. The molecule has 0 spiro atoms. The molecule has 142 valence electrons. The molecule has 0 atom stereocenters. The van der Waals surface area contributed by atoms with E-state index in [1.807, 2.05) is 42.7 Å². The average Bonchev–Trinajstić information content (AvgIpc) is 3.32. The Balaban J connectivity index is 1.65. The lowest BCUT2D eigenvalue weighted by Crippen LogP contribution is -2.11. The maximum atomic E-state index is 12.8. The average molecular weight is 428 g/mol. The molecular formula is C19H17N5OS3. The van der Waals surface area contributed by atoms with Crippen molar-refractivity contribution in [3.05, 3.63) is 57.8 Å². The predicted molar refractivity (Wildman–Crippen MR) is 118 cm³/mol. The molecule has 0 saturated heterocycles. The van der Waals surface area contributed by atoms with Crippen molar-refractivity contribution in [2.75, 3.05) is 5.32 Å². The number of carbonyl (C=O) groups is 1. The normalized spacial score (nSPS) is 11.1. The van der Waals surface area contributed by atoms with Crippen LogP contribution in [0.3, 0.4) is 0 Å². The summed E-state index contributed by atoms with van der Waals surface area (Å²) >= 11 is 8.15. The number of anilines is 1. The topological polar surface area (TPSA) is 75.6 Å². The Bertz CT molecular complexity index is 1260. The lowest BCUT2D eigenvalue weighted by molar-refractivity contribution is 0.103. The van der Waals surface area contributed by atoms with E-state index in [0.29, 0.717) is 27.1 Å². The van der Waals surface area contributed by atoms with E-state index in [2.05, 4.69) is 27.1 Å². The summed E-state index contributed by atoms with van der Waals surface area (Å²) in [5.41, 5.74) is 1.77. The van der Waals surface area contributed by atoms with Crippen LogP contribution < -0.4 is 5.32 Å². The third kappa shape index (κ3) is 3.21. The van der Waals surface area contributed by atoms with Crippen molar-refractivity contribution in [1.29, 1.82) is 0 Å². The van der Waals surface area contributed by atoms with E-state index in [9.17, 15) is 4.79 Å². The first-order chi connectivity index (χ1) is 13.5. The Kier molecular flexibility index (Phi) is 4.96. The van der Waals surface area contributed by atoms with Gasteiger partial charge in [0.1, 0.15) is 0 Å².